The first-order chi connectivity index (χ1) is 21.7. The lowest BCUT2D eigenvalue weighted by molar-refractivity contribution is -0.182. The smallest absolute Gasteiger partial charge is 0.504 e. The first-order valence-corrected chi connectivity index (χ1v) is 15.9. The number of nitriles is 1. The van der Waals surface area contributed by atoms with Crippen molar-refractivity contribution in [2.24, 2.45) is 0 Å². The molecule has 0 aliphatic carbocycles. The number of nitrogens with zero attached hydrogens (tertiary/aromatic N) is 3. The SMILES string of the molecule is C=CCOc1c(C)c2c(c3c1C[C@H]1[C@H]4c5c(cc(OS(=O)(=O)C(F)(F)F)c(OC)c5O)C5(C)C[C@@H]([C@H](C#N)N1[C@H]3CO)N45)OCO2. The van der Waals surface area contributed by atoms with Crippen LogP contribution in [0.3, 0.4) is 0 Å². The summed E-state index contributed by atoms with van der Waals surface area (Å²) < 4.78 is 91.5. The van der Waals surface area contributed by atoms with E-state index in [9.17, 15) is 37.1 Å². The number of benzene rings is 2. The van der Waals surface area contributed by atoms with E-state index in [1.807, 2.05) is 23.6 Å². The lowest BCUT2D eigenvalue weighted by atomic mass is 9.70. The number of methoxy groups -OCH3 is 1. The maximum Gasteiger partial charge on any atom is 0.534 e. The van der Waals surface area contributed by atoms with Gasteiger partial charge in [-0.05, 0) is 38.3 Å². The average molecular weight is 666 g/mol. The summed E-state index contributed by atoms with van der Waals surface area (Å²) in [5.74, 6) is -0.503. The van der Waals surface area contributed by atoms with E-state index in [0.29, 0.717) is 45.9 Å². The molecular formula is C30H30F3N3O9S. The van der Waals surface area contributed by atoms with Crippen LogP contribution in [0, 0.1) is 18.3 Å². The van der Waals surface area contributed by atoms with Crippen LogP contribution < -0.4 is 23.1 Å². The highest BCUT2D eigenvalue weighted by Gasteiger charge is 2.69. The Bertz CT molecular complexity index is 1830. The van der Waals surface area contributed by atoms with Crippen molar-refractivity contribution < 1.29 is 54.9 Å². The molecule has 246 valence electrons. The normalized spacial score (nSPS) is 29.0. The van der Waals surface area contributed by atoms with Gasteiger partial charge in [0.15, 0.2) is 23.0 Å². The second-order valence-corrected chi connectivity index (χ2v) is 13.6. The number of rotatable bonds is 7. The van der Waals surface area contributed by atoms with Crippen LogP contribution in [0.2, 0.25) is 0 Å². The number of hydrogen-bond donors (Lipinski definition) is 2. The molecule has 12 nitrogen and oxygen atoms in total. The van der Waals surface area contributed by atoms with Gasteiger partial charge in [0.05, 0.1) is 31.9 Å². The van der Waals surface area contributed by atoms with Crippen molar-refractivity contribution in [3.8, 4) is 40.6 Å². The summed E-state index contributed by atoms with van der Waals surface area (Å²) in [7, 11) is -5.01. The Balaban J connectivity index is 1.44. The van der Waals surface area contributed by atoms with E-state index < -0.39 is 75.2 Å². The minimum Gasteiger partial charge on any atom is -0.504 e. The summed E-state index contributed by atoms with van der Waals surface area (Å²) in [4.78, 5) is 3.96. The van der Waals surface area contributed by atoms with Gasteiger partial charge in [0, 0.05) is 39.9 Å². The highest BCUT2D eigenvalue weighted by molar-refractivity contribution is 7.88. The number of aromatic hydroxyl groups is 1. The highest BCUT2D eigenvalue weighted by atomic mass is 32.2. The number of alkyl halides is 3. The number of phenols is 1. The third-order valence-corrected chi connectivity index (χ3v) is 11.0. The molecule has 6 atom stereocenters. The van der Waals surface area contributed by atoms with Gasteiger partial charge >= 0.3 is 15.6 Å². The topological polar surface area (TPSA) is 151 Å². The first kappa shape index (κ1) is 30.7. The number of hydrogen-bond acceptors (Lipinski definition) is 12. The second kappa shape index (κ2) is 10.0. The second-order valence-electron chi connectivity index (χ2n) is 12.1. The summed E-state index contributed by atoms with van der Waals surface area (Å²) in [6, 6.07) is 0.464. The van der Waals surface area contributed by atoms with Crippen LogP contribution in [0.25, 0.3) is 0 Å². The Morgan fingerprint density at radius 1 is 1.24 bits per heavy atom. The molecule has 1 unspecified atom stereocenters. The van der Waals surface area contributed by atoms with Gasteiger partial charge in [-0.25, -0.2) is 0 Å². The molecule has 0 radical (unpaired) electrons. The van der Waals surface area contributed by atoms with Crippen LogP contribution in [0.15, 0.2) is 18.7 Å². The first-order valence-electron chi connectivity index (χ1n) is 14.5. The Kier molecular flexibility index (Phi) is 6.71. The lowest BCUT2D eigenvalue weighted by Gasteiger charge is -2.65. The molecule has 2 saturated heterocycles. The standard InChI is InChI=1S/C30H30F3N3O9S/c1-5-6-42-25-13(2)26-28(44-12-43-26)21-14(25)7-16-23-22-15(8-20(27(41-4)24(22)38)45-46(39,40)30(31,32)33)29(3)9-17(36(23)29)18(10-34)35(16)19(21)11-37/h5,8,16-19,23,37-38H,1,6-7,9,11-12H2,2-4H3/t16-,17-,18-,19-,23-,29?/m0/s1. The zero-order valence-corrected chi connectivity index (χ0v) is 25.7. The van der Waals surface area contributed by atoms with E-state index in [1.54, 1.807) is 6.08 Å². The third-order valence-electron chi connectivity index (χ3n) is 9.98. The van der Waals surface area contributed by atoms with Gasteiger partial charge in [-0.15, -0.1) is 0 Å². The van der Waals surface area contributed by atoms with E-state index in [-0.39, 0.29) is 19.8 Å². The number of ether oxygens (including phenoxy) is 4. The molecule has 7 rings (SSSR count). The van der Waals surface area contributed by atoms with Crippen molar-refractivity contribution >= 4 is 10.1 Å². The molecule has 0 amide bonds. The Morgan fingerprint density at radius 3 is 2.59 bits per heavy atom. The third kappa shape index (κ3) is 3.79. The molecule has 5 aliphatic rings. The van der Waals surface area contributed by atoms with Crippen LogP contribution in [-0.2, 0) is 22.1 Å². The number of phenolic OH excluding ortho intramolecular Hbond substituents is 1. The van der Waals surface area contributed by atoms with E-state index in [0.717, 1.165) is 12.7 Å². The minimum atomic E-state index is -6.09. The summed E-state index contributed by atoms with van der Waals surface area (Å²) in [5, 5.41) is 33.1. The van der Waals surface area contributed by atoms with Gasteiger partial charge in [-0.2, -0.15) is 26.9 Å². The fourth-order valence-corrected chi connectivity index (χ4v) is 8.82. The van der Waals surface area contributed by atoms with Crippen LogP contribution in [0.1, 0.15) is 53.2 Å². The summed E-state index contributed by atoms with van der Waals surface area (Å²) >= 11 is 0. The Hall–Kier alpha value is -3.91. The van der Waals surface area contributed by atoms with Gasteiger partial charge in [-0.1, -0.05) is 12.7 Å². The summed E-state index contributed by atoms with van der Waals surface area (Å²) in [5.41, 5.74) is -3.90. The molecule has 0 aromatic heterocycles. The van der Waals surface area contributed by atoms with Crippen LogP contribution >= 0.6 is 0 Å². The average Bonchev–Trinajstić information content (AvgIpc) is 3.56. The van der Waals surface area contributed by atoms with Gasteiger partial charge in [-0.3, -0.25) is 9.80 Å². The largest absolute Gasteiger partial charge is 0.534 e. The molecule has 5 heterocycles. The molecule has 0 spiro atoms. The quantitative estimate of drug-likeness (QED) is 0.253. The molecule has 46 heavy (non-hydrogen) atoms. The van der Waals surface area contributed by atoms with Crippen LogP contribution in [-0.4, -0.2) is 79.2 Å². The summed E-state index contributed by atoms with van der Waals surface area (Å²) in [6.07, 6.45) is 2.20. The van der Waals surface area contributed by atoms with Crippen molar-refractivity contribution in [2.75, 3.05) is 27.1 Å². The highest BCUT2D eigenvalue weighted by Crippen LogP contribution is 2.68. The molecular weight excluding hydrogens is 635 g/mol. The molecule has 0 bridgehead atoms. The monoisotopic (exact) mass is 665 g/mol. The Labute approximate surface area is 262 Å². The molecule has 5 aliphatic heterocycles. The minimum absolute atomic E-state index is 0.0380. The van der Waals surface area contributed by atoms with Gasteiger partial charge in [0.1, 0.15) is 18.4 Å². The van der Waals surface area contributed by atoms with Crippen molar-refractivity contribution in [3.05, 3.63) is 46.5 Å². The molecule has 2 N–H and O–H groups in total. The van der Waals surface area contributed by atoms with E-state index in [1.165, 1.54) is 6.07 Å². The molecule has 2 aromatic carbocycles. The number of fused-ring (bicyclic) bond motifs is 8. The van der Waals surface area contributed by atoms with Crippen molar-refractivity contribution in [3.63, 3.8) is 0 Å². The number of aliphatic hydroxyl groups excluding tert-OH is 1. The van der Waals surface area contributed by atoms with E-state index >= 15 is 0 Å². The maximum atomic E-state index is 13.3. The van der Waals surface area contributed by atoms with Gasteiger partial charge < -0.3 is 33.3 Å². The van der Waals surface area contributed by atoms with Crippen LogP contribution in [0.4, 0.5) is 13.2 Å². The predicted octanol–water partition coefficient (Wildman–Crippen LogP) is 3.44. The van der Waals surface area contributed by atoms with Gasteiger partial charge in [0.2, 0.25) is 12.5 Å². The molecule has 16 heteroatoms. The molecule has 0 saturated carbocycles. The predicted molar refractivity (Wildman–Crippen MR) is 152 cm³/mol. The van der Waals surface area contributed by atoms with Crippen LogP contribution in [0.5, 0.6) is 34.5 Å². The Morgan fingerprint density at radius 2 is 1.96 bits per heavy atom. The number of halogens is 3. The van der Waals surface area contributed by atoms with E-state index in [2.05, 4.69) is 16.8 Å². The fourth-order valence-electron chi connectivity index (χ4n) is 8.36. The van der Waals surface area contributed by atoms with Crippen molar-refractivity contribution in [1.29, 1.82) is 5.26 Å². The zero-order chi connectivity index (χ0) is 33.1. The lowest BCUT2D eigenvalue weighted by Crippen LogP contribution is -2.74. The maximum absolute atomic E-state index is 13.3. The number of aliphatic hydroxyl groups is 1. The van der Waals surface area contributed by atoms with Gasteiger partial charge in [0.25, 0.3) is 0 Å². The van der Waals surface area contributed by atoms with Crippen molar-refractivity contribution in [1.82, 2.24) is 9.80 Å². The zero-order valence-electron chi connectivity index (χ0n) is 24.9. The van der Waals surface area contributed by atoms with Crippen molar-refractivity contribution in [2.45, 2.75) is 67.9 Å². The summed E-state index contributed by atoms with van der Waals surface area (Å²) in [6.45, 7) is 7.12. The van der Waals surface area contributed by atoms with E-state index in [4.69, 9.17) is 18.9 Å². The fraction of sp³-hybridized carbons (Fsp3) is 0.500. The number of piperazine rings is 1. The molecule has 2 aromatic rings. The molecule has 2 fully saturated rings.